The van der Waals surface area contributed by atoms with Crippen molar-refractivity contribution in [3.63, 3.8) is 0 Å². The lowest BCUT2D eigenvalue weighted by molar-refractivity contribution is -0.149. The number of aliphatic carboxylic acids is 1. The molecule has 3 aliphatic rings. The van der Waals surface area contributed by atoms with Crippen molar-refractivity contribution >= 4 is 71.8 Å². The third-order valence-electron chi connectivity index (χ3n) is 11.6. The minimum Gasteiger partial charge on any atom is -0.480 e. The molecule has 3 fully saturated rings. The minimum absolute atomic E-state index is 0.0664. The fraction of sp³-hybridized carbons (Fsp3) is 0.756. The zero-order valence-electron chi connectivity index (χ0n) is 37.8. The average Bonchev–Trinajstić information content (AvgIpc) is 4.03. The number of hydrogen-bond acceptors (Lipinski definition) is 12. The van der Waals surface area contributed by atoms with E-state index in [1.165, 1.54) is 28.5 Å². The fourth-order valence-corrected chi connectivity index (χ4v) is 8.42. The van der Waals surface area contributed by atoms with Gasteiger partial charge in [-0.1, -0.05) is 27.7 Å². The highest BCUT2D eigenvalue weighted by atomic mass is 32.1. The summed E-state index contributed by atoms with van der Waals surface area (Å²) in [6.07, 6.45) is 3.05. The van der Waals surface area contributed by atoms with Crippen LogP contribution < -0.4 is 43.8 Å². The van der Waals surface area contributed by atoms with E-state index >= 15 is 0 Å². The predicted octanol–water partition coefficient (Wildman–Crippen LogP) is -2.48. The Bertz CT molecular complexity index is 1740. The molecule has 12 N–H and O–H groups in total. The van der Waals surface area contributed by atoms with Crippen LogP contribution in [0, 0.1) is 11.8 Å². The van der Waals surface area contributed by atoms with Gasteiger partial charge in [0, 0.05) is 31.9 Å². The summed E-state index contributed by atoms with van der Waals surface area (Å²) in [6, 6.07) is -9.33. The Morgan fingerprint density at radius 2 is 1.16 bits per heavy atom. The van der Waals surface area contributed by atoms with Gasteiger partial charge in [0.1, 0.15) is 48.3 Å². The molecule has 64 heavy (non-hydrogen) atoms. The maximum absolute atomic E-state index is 14.2. The van der Waals surface area contributed by atoms with Crippen LogP contribution in [0.2, 0.25) is 0 Å². The topological polar surface area (TPSA) is 334 Å². The molecule has 3 aliphatic heterocycles. The van der Waals surface area contributed by atoms with Gasteiger partial charge in [0.2, 0.25) is 47.3 Å². The lowest BCUT2D eigenvalue weighted by Gasteiger charge is -2.33. The maximum Gasteiger partial charge on any atom is 0.326 e. The first-order chi connectivity index (χ1) is 30.1. The van der Waals surface area contributed by atoms with Gasteiger partial charge in [-0.2, -0.15) is 12.6 Å². The van der Waals surface area contributed by atoms with Gasteiger partial charge >= 0.3 is 5.97 Å². The number of aliphatic imine (C=N–C) groups is 1. The number of carbonyl (C=O) groups excluding carboxylic acids is 8. The number of nitrogens with zero attached hydrogens (tertiary/aromatic N) is 4. The second kappa shape index (κ2) is 24.8. The van der Waals surface area contributed by atoms with E-state index in [1.54, 1.807) is 13.8 Å². The third-order valence-corrected chi connectivity index (χ3v) is 12.0. The van der Waals surface area contributed by atoms with Gasteiger partial charge in [0.25, 0.3) is 0 Å². The van der Waals surface area contributed by atoms with E-state index in [4.69, 9.17) is 17.2 Å². The summed E-state index contributed by atoms with van der Waals surface area (Å²) in [7, 11) is 0. The quantitative estimate of drug-likeness (QED) is 0.0233. The van der Waals surface area contributed by atoms with Crippen molar-refractivity contribution in [2.45, 2.75) is 154 Å². The highest BCUT2D eigenvalue weighted by Gasteiger charge is 2.43. The Morgan fingerprint density at radius 1 is 0.656 bits per heavy atom. The molecule has 360 valence electrons. The first kappa shape index (κ1) is 53.2. The summed E-state index contributed by atoms with van der Waals surface area (Å²) in [5.41, 5.74) is 16.6. The van der Waals surface area contributed by atoms with Gasteiger partial charge in [-0.15, -0.1) is 0 Å². The number of hydrogen-bond donors (Lipinski definition) is 10. The van der Waals surface area contributed by atoms with Crippen LogP contribution >= 0.6 is 12.6 Å². The van der Waals surface area contributed by atoms with Crippen molar-refractivity contribution < 1.29 is 48.3 Å². The third kappa shape index (κ3) is 14.7. The SMILES string of the molecule is CC(C)C[C@H](NC(=O)[C@H](CCCN=C(N)N)NC(=O)[C@H](C)N)C(=O)N1CCC[C@H]1C(=O)N[C@@H](CS)C(=O)N[C@H](C(=O)N1CCC[C@H]1C(=O)N[C@@H](C)C(=O)N1CCC[C@H]1C(=O)O)C(C)C. The minimum atomic E-state index is -1.23. The summed E-state index contributed by atoms with van der Waals surface area (Å²) < 4.78 is 0. The van der Waals surface area contributed by atoms with Crippen LogP contribution in [0.1, 0.15) is 99.3 Å². The molecule has 0 aliphatic carbocycles. The Labute approximate surface area is 380 Å². The van der Waals surface area contributed by atoms with E-state index < -0.39 is 114 Å². The van der Waals surface area contributed by atoms with Gasteiger partial charge in [-0.25, -0.2) is 4.79 Å². The van der Waals surface area contributed by atoms with Gasteiger partial charge < -0.3 is 63.6 Å². The monoisotopic (exact) mass is 923 g/mol. The number of likely N-dealkylation sites (tertiary alicyclic amines) is 3. The first-order valence-electron chi connectivity index (χ1n) is 22.2. The second-order valence-corrected chi connectivity index (χ2v) is 18.0. The molecule has 0 radical (unpaired) electrons. The smallest absolute Gasteiger partial charge is 0.326 e. The number of carboxylic acids is 1. The van der Waals surface area contributed by atoms with Gasteiger partial charge in [-0.05, 0) is 83.5 Å². The molecule has 3 heterocycles. The number of carboxylic acid groups (broad SMARTS) is 1. The molecular formula is C41H70N12O10S. The van der Waals surface area contributed by atoms with Crippen molar-refractivity contribution in [1.82, 2.24) is 41.3 Å². The van der Waals surface area contributed by atoms with Crippen LogP contribution in [0.4, 0.5) is 0 Å². The standard InChI is InChI=1S/C41H70N12O10S/c1-21(2)19-26(48-33(55)25(47-32(54)23(5)42)11-7-15-45-41(43)44)38(60)51-16-8-13-29(51)36(58)49-27(20-64)34(56)50-31(22(3)4)39(61)52-17-9-12-28(52)35(57)46-24(6)37(59)53-18-10-14-30(53)40(62)63/h21-31,64H,7-20,42H2,1-6H3,(H,46,57)(H,47,54)(H,48,55)(H,49,58)(H,50,56)(H,62,63)(H4,43,44,45)/t23-,24-,25-,26-,27-,28-,29-,30-,31-/m0/s1. The van der Waals surface area contributed by atoms with Crippen molar-refractivity contribution in [3.8, 4) is 0 Å². The first-order valence-corrected chi connectivity index (χ1v) is 22.8. The fourth-order valence-electron chi connectivity index (χ4n) is 8.16. The molecule has 8 amide bonds. The van der Waals surface area contributed by atoms with E-state index in [2.05, 4.69) is 44.2 Å². The van der Waals surface area contributed by atoms with Crippen LogP contribution in [0.15, 0.2) is 4.99 Å². The average molecular weight is 923 g/mol. The van der Waals surface area contributed by atoms with Crippen LogP contribution in [0.3, 0.4) is 0 Å². The largest absolute Gasteiger partial charge is 0.480 e. The van der Waals surface area contributed by atoms with Crippen LogP contribution in [-0.2, 0) is 43.2 Å². The number of amides is 8. The number of thiol groups is 1. The molecule has 0 aromatic carbocycles. The predicted molar refractivity (Wildman–Crippen MR) is 239 cm³/mol. The van der Waals surface area contributed by atoms with E-state index in [0.717, 1.165) is 0 Å². The normalized spacial score (nSPS) is 21.3. The molecule has 0 aromatic heterocycles. The Balaban J connectivity index is 1.69. The molecule has 22 nitrogen and oxygen atoms in total. The number of nitrogens with two attached hydrogens (primary N) is 3. The molecule has 0 bridgehead atoms. The van der Waals surface area contributed by atoms with Crippen molar-refractivity contribution in [2.75, 3.05) is 31.9 Å². The lowest BCUT2D eigenvalue weighted by Crippen LogP contribution is -2.61. The van der Waals surface area contributed by atoms with Crippen molar-refractivity contribution in [1.29, 1.82) is 0 Å². The number of rotatable bonds is 22. The molecule has 9 atom stereocenters. The zero-order valence-corrected chi connectivity index (χ0v) is 38.7. The highest BCUT2D eigenvalue weighted by molar-refractivity contribution is 7.80. The molecule has 0 aromatic rings. The van der Waals surface area contributed by atoms with Gasteiger partial charge in [-0.3, -0.25) is 43.3 Å². The van der Waals surface area contributed by atoms with Crippen LogP contribution in [0.25, 0.3) is 0 Å². The molecular weight excluding hydrogens is 853 g/mol. The maximum atomic E-state index is 14.2. The molecule has 23 heteroatoms. The number of nitrogens with one attached hydrogen (secondary N) is 5. The molecule has 3 saturated heterocycles. The van der Waals surface area contributed by atoms with E-state index in [-0.39, 0.29) is 63.1 Å². The zero-order chi connectivity index (χ0) is 48.0. The molecule has 0 unspecified atom stereocenters. The molecule has 3 rings (SSSR count). The summed E-state index contributed by atoms with van der Waals surface area (Å²) in [6.45, 7) is 11.0. The van der Waals surface area contributed by atoms with Gasteiger partial charge in [0.05, 0.1) is 6.04 Å². The summed E-state index contributed by atoms with van der Waals surface area (Å²) in [4.78, 5) is 128. The Kier molecular flexibility index (Phi) is 20.6. The van der Waals surface area contributed by atoms with Crippen LogP contribution in [0.5, 0.6) is 0 Å². The second-order valence-electron chi connectivity index (χ2n) is 17.6. The lowest BCUT2D eigenvalue weighted by atomic mass is 10.0. The van der Waals surface area contributed by atoms with E-state index in [9.17, 15) is 48.3 Å². The van der Waals surface area contributed by atoms with E-state index in [1.807, 2.05) is 13.8 Å². The Morgan fingerprint density at radius 3 is 1.66 bits per heavy atom. The molecule has 0 spiro atoms. The van der Waals surface area contributed by atoms with E-state index in [0.29, 0.717) is 38.5 Å². The summed E-state index contributed by atoms with van der Waals surface area (Å²) in [5.74, 6) is -6.64. The summed E-state index contributed by atoms with van der Waals surface area (Å²) >= 11 is 4.32. The van der Waals surface area contributed by atoms with Gasteiger partial charge in [0.15, 0.2) is 5.96 Å². The summed E-state index contributed by atoms with van der Waals surface area (Å²) in [5, 5.41) is 23.0. The number of guanidine groups is 1. The number of carbonyl (C=O) groups is 9. The molecule has 0 saturated carbocycles. The van der Waals surface area contributed by atoms with Crippen molar-refractivity contribution in [2.24, 2.45) is 34.0 Å². The highest BCUT2D eigenvalue weighted by Crippen LogP contribution is 2.24. The van der Waals surface area contributed by atoms with Crippen LogP contribution in [-0.4, -0.2) is 165 Å². The Hall–Kier alpha value is -5.19. The van der Waals surface area contributed by atoms with Crippen molar-refractivity contribution in [3.05, 3.63) is 0 Å².